The smallest absolute Gasteiger partial charge is 0.00673 e. The molecule has 1 heteroatoms. The van der Waals surface area contributed by atoms with Gasteiger partial charge in [0.05, 0.1) is 0 Å². The van der Waals surface area contributed by atoms with Crippen LogP contribution in [0, 0.1) is 5.41 Å². The fourth-order valence-corrected chi connectivity index (χ4v) is 2.41. The van der Waals surface area contributed by atoms with Crippen molar-refractivity contribution in [1.29, 1.82) is 0 Å². The molecule has 2 saturated carbocycles. The van der Waals surface area contributed by atoms with Crippen LogP contribution in [-0.2, 0) is 0 Å². The third-order valence-electron chi connectivity index (χ3n) is 3.73. The van der Waals surface area contributed by atoms with Gasteiger partial charge in [-0.3, -0.25) is 0 Å². The average Bonchev–Trinajstić information content (AvgIpc) is 2.33. The average molecular weight is 167 g/mol. The van der Waals surface area contributed by atoms with E-state index in [1.165, 1.54) is 51.5 Å². The highest BCUT2D eigenvalue weighted by atomic mass is 14.9. The van der Waals surface area contributed by atoms with Crippen LogP contribution in [0.2, 0.25) is 0 Å². The second-order valence-corrected chi connectivity index (χ2v) is 5.03. The topological polar surface area (TPSA) is 12.0 Å². The summed E-state index contributed by atoms with van der Waals surface area (Å²) in [7, 11) is 0. The van der Waals surface area contributed by atoms with Gasteiger partial charge in [0.1, 0.15) is 0 Å². The zero-order valence-corrected chi connectivity index (χ0v) is 8.23. The molecule has 70 valence electrons. The predicted octanol–water partition coefficient (Wildman–Crippen LogP) is 2.71. The third-order valence-corrected chi connectivity index (χ3v) is 3.73. The first-order valence-corrected chi connectivity index (χ1v) is 5.52. The first-order chi connectivity index (χ1) is 5.79. The molecular formula is C11H21N. The van der Waals surface area contributed by atoms with E-state index in [1.807, 2.05) is 0 Å². The van der Waals surface area contributed by atoms with Gasteiger partial charge in [-0.25, -0.2) is 0 Å². The Morgan fingerprint density at radius 1 is 1.17 bits per heavy atom. The van der Waals surface area contributed by atoms with Crippen molar-refractivity contribution in [1.82, 2.24) is 5.32 Å². The molecule has 2 aliphatic carbocycles. The molecule has 0 aromatic rings. The van der Waals surface area contributed by atoms with Crippen molar-refractivity contribution in [2.75, 3.05) is 6.54 Å². The van der Waals surface area contributed by atoms with E-state index in [1.54, 1.807) is 0 Å². The van der Waals surface area contributed by atoms with E-state index in [-0.39, 0.29) is 0 Å². The molecule has 0 radical (unpaired) electrons. The van der Waals surface area contributed by atoms with Crippen molar-refractivity contribution in [3.8, 4) is 0 Å². The Balaban J connectivity index is 1.70. The fourth-order valence-electron chi connectivity index (χ4n) is 2.41. The van der Waals surface area contributed by atoms with Crippen LogP contribution in [0.4, 0.5) is 0 Å². The molecule has 0 amide bonds. The molecule has 1 nitrogen and oxygen atoms in total. The van der Waals surface area contributed by atoms with Crippen LogP contribution in [0.5, 0.6) is 0 Å². The van der Waals surface area contributed by atoms with Gasteiger partial charge in [0.15, 0.2) is 0 Å². The maximum atomic E-state index is 3.70. The number of hydrogen-bond acceptors (Lipinski definition) is 1. The number of nitrogens with one attached hydrogen (secondary N) is 1. The van der Waals surface area contributed by atoms with E-state index >= 15 is 0 Å². The van der Waals surface area contributed by atoms with Gasteiger partial charge in [0.25, 0.3) is 0 Å². The molecule has 2 aliphatic rings. The molecule has 12 heavy (non-hydrogen) atoms. The Morgan fingerprint density at radius 3 is 2.33 bits per heavy atom. The normalized spacial score (nSPS) is 28.8. The first-order valence-electron chi connectivity index (χ1n) is 5.52. The van der Waals surface area contributed by atoms with E-state index < -0.39 is 0 Å². The summed E-state index contributed by atoms with van der Waals surface area (Å²) in [6.07, 6.45) is 10.1. The molecule has 0 unspecified atom stereocenters. The Morgan fingerprint density at radius 2 is 1.83 bits per heavy atom. The van der Waals surface area contributed by atoms with Gasteiger partial charge < -0.3 is 5.32 Å². The second-order valence-electron chi connectivity index (χ2n) is 5.03. The van der Waals surface area contributed by atoms with Crippen LogP contribution < -0.4 is 5.32 Å². The molecule has 2 fully saturated rings. The quantitative estimate of drug-likeness (QED) is 0.681. The minimum Gasteiger partial charge on any atom is -0.313 e. The zero-order valence-electron chi connectivity index (χ0n) is 8.23. The van der Waals surface area contributed by atoms with E-state index in [2.05, 4.69) is 12.2 Å². The maximum absolute atomic E-state index is 3.70. The molecule has 0 heterocycles. The highest BCUT2D eigenvalue weighted by Gasteiger charge is 2.29. The van der Waals surface area contributed by atoms with Crippen molar-refractivity contribution in [2.24, 2.45) is 5.41 Å². The zero-order chi connectivity index (χ0) is 8.44. The van der Waals surface area contributed by atoms with Gasteiger partial charge in [-0.05, 0) is 31.1 Å². The van der Waals surface area contributed by atoms with Gasteiger partial charge in [-0.1, -0.05) is 26.2 Å². The molecule has 0 spiro atoms. The second kappa shape index (κ2) is 3.37. The van der Waals surface area contributed by atoms with Gasteiger partial charge in [0.2, 0.25) is 0 Å². The van der Waals surface area contributed by atoms with Gasteiger partial charge in [-0.15, -0.1) is 0 Å². The van der Waals surface area contributed by atoms with Crippen molar-refractivity contribution in [2.45, 2.75) is 57.9 Å². The molecule has 0 aromatic carbocycles. The Labute approximate surface area is 75.9 Å². The van der Waals surface area contributed by atoms with Crippen molar-refractivity contribution >= 4 is 0 Å². The van der Waals surface area contributed by atoms with Gasteiger partial charge >= 0.3 is 0 Å². The summed E-state index contributed by atoms with van der Waals surface area (Å²) < 4.78 is 0. The minimum absolute atomic E-state index is 0.648. The molecule has 0 atom stereocenters. The molecule has 0 aromatic heterocycles. The van der Waals surface area contributed by atoms with Crippen LogP contribution in [-0.4, -0.2) is 12.6 Å². The monoisotopic (exact) mass is 167 g/mol. The van der Waals surface area contributed by atoms with Gasteiger partial charge in [0, 0.05) is 12.6 Å². The van der Waals surface area contributed by atoms with Crippen molar-refractivity contribution in [3.05, 3.63) is 0 Å². The minimum atomic E-state index is 0.648. The Kier molecular flexibility index (Phi) is 2.40. The van der Waals surface area contributed by atoms with Crippen LogP contribution in [0.3, 0.4) is 0 Å². The third kappa shape index (κ3) is 1.82. The highest BCUT2D eigenvalue weighted by molar-refractivity contribution is 4.85. The summed E-state index contributed by atoms with van der Waals surface area (Å²) in [5, 5.41) is 3.70. The van der Waals surface area contributed by atoms with Gasteiger partial charge in [-0.2, -0.15) is 0 Å². The van der Waals surface area contributed by atoms with Crippen LogP contribution >= 0.6 is 0 Å². The first kappa shape index (κ1) is 8.55. The summed E-state index contributed by atoms with van der Waals surface area (Å²) >= 11 is 0. The summed E-state index contributed by atoms with van der Waals surface area (Å²) in [6, 6.07) is 0.877. The number of rotatable bonds is 3. The molecule has 0 bridgehead atoms. The van der Waals surface area contributed by atoms with Crippen LogP contribution in [0.15, 0.2) is 0 Å². The fraction of sp³-hybridized carbons (Fsp3) is 1.00. The lowest BCUT2D eigenvalue weighted by atomic mass is 9.86. The Hall–Kier alpha value is -0.0400. The SMILES string of the molecule is CC1(CNC2CCC2)CCCC1. The standard InChI is InChI=1S/C11H21N/c1-11(7-2-3-8-11)9-12-10-5-4-6-10/h10,12H,2-9H2,1H3. The molecular weight excluding hydrogens is 146 g/mol. The maximum Gasteiger partial charge on any atom is 0.00673 e. The Bertz CT molecular complexity index is 143. The lowest BCUT2D eigenvalue weighted by Gasteiger charge is -2.32. The molecule has 0 saturated heterocycles. The summed E-state index contributed by atoms with van der Waals surface area (Å²) in [6.45, 7) is 3.73. The van der Waals surface area contributed by atoms with E-state index in [0.29, 0.717) is 5.41 Å². The largest absolute Gasteiger partial charge is 0.313 e. The summed E-state index contributed by atoms with van der Waals surface area (Å²) in [5.74, 6) is 0. The van der Waals surface area contributed by atoms with Crippen LogP contribution in [0.25, 0.3) is 0 Å². The van der Waals surface area contributed by atoms with Crippen LogP contribution in [0.1, 0.15) is 51.9 Å². The van der Waals surface area contributed by atoms with E-state index in [9.17, 15) is 0 Å². The lowest BCUT2D eigenvalue weighted by Crippen LogP contribution is -2.40. The summed E-state index contributed by atoms with van der Waals surface area (Å²) in [4.78, 5) is 0. The van der Waals surface area contributed by atoms with Crippen molar-refractivity contribution in [3.63, 3.8) is 0 Å². The number of hydrogen-bond donors (Lipinski definition) is 1. The lowest BCUT2D eigenvalue weighted by molar-refractivity contribution is 0.255. The highest BCUT2D eigenvalue weighted by Crippen LogP contribution is 2.37. The molecule has 0 aliphatic heterocycles. The van der Waals surface area contributed by atoms with E-state index in [4.69, 9.17) is 0 Å². The molecule has 1 N–H and O–H groups in total. The summed E-state index contributed by atoms with van der Waals surface area (Å²) in [5.41, 5.74) is 0.648. The molecule has 2 rings (SSSR count). The van der Waals surface area contributed by atoms with Crippen molar-refractivity contribution < 1.29 is 0 Å². The van der Waals surface area contributed by atoms with E-state index in [0.717, 1.165) is 6.04 Å². The predicted molar refractivity (Wildman–Crippen MR) is 52.2 cm³/mol.